The molecule has 6 heteroatoms. The van der Waals surface area contributed by atoms with Crippen LogP contribution in [0.3, 0.4) is 0 Å². The van der Waals surface area contributed by atoms with Crippen molar-refractivity contribution >= 4 is 21.8 Å². The molecule has 0 N–H and O–H groups in total. The highest BCUT2D eigenvalue weighted by atomic mass is 79.9. The molecule has 0 aliphatic carbocycles. The van der Waals surface area contributed by atoms with Crippen LogP contribution in [0.5, 0.6) is 5.75 Å². The minimum atomic E-state index is -0.263. The Morgan fingerprint density at radius 3 is 2.44 bits per heavy atom. The van der Waals surface area contributed by atoms with Crippen LogP contribution in [0.25, 0.3) is 0 Å². The Morgan fingerprint density at radius 2 is 1.81 bits per heavy atom. The maximum Gasteiger partial charge on any atom is 0.222 e. The molecule has 0 spiro atoms. The third-order valence-electron chi connectivity index (χ3n) is 4.91. The van der Waals surface area contributed by atoms with E-state index in [1.54, 1.807) is 19.2 Å². The van der Waals surface area contributed by atoms with Crippen molar-refractivity contribution < 1.29 is 13.9 Å². The van der Waals surface area contributed by atoms with Crippen LogP contribution in [0.15, 0.2) is 46.9 Å². The average molecular weight is 435 g/mol. The highest BCUT2D eigenvalue weighted by Gasteiger charge is 2.21. The van der Waals surface area contributed by atoms with E-state index in [2.05, 4.69) is 33.0 Å². The van der Waals surface area contributed by atoms with Crippen molar-refractivity contribution in [1.82, 2.24) is 9.80 Å². The molecule has 144 valence electrons. The summed E-state index contributed by atoms with van der Waals surface area (Å²) >= 11 is 3.25. The molecular weight excluding hydrogens is 411 g/mol. The Hall–Kier alpha value is -1.92. The van der Waals surface area contributed by atoms with E-state index in [1.807, 2.05) is 17.0 Å². The van der Waals surface area contributed by atoms with E-state index in [0.717, 1.165) is 38.5 Å². The molecule has 0 aromatic heterocycles. The monoisotopic (exact) mass is 434 g/mol. The number of aryl methyl sites for hydroxylation is 1. The molecule has 1 aliphatic rings. The lowest BCUT2D eigenvalue weighted by Gasteiger charge is -2.35. The molecule has 0 atom stereocenters. The van der Waals surface area contributed by atoms with Crippen LogP contribution in [0.1, 0.15) is 17.5 Å². The summed E-state index contributed by atoms with van der Waals surface area (Å²) in [7, 11) is 1.66. The van der Waals surface area contributed by atoms with Gasteiger partial charge < -0.3 is 9.64 Å². The number of nitrogens with zero attached hydrogens (tertiary/aromatic N) is 2. The van der Waals surface area contributed by atoms with Gasteiger partial charge in [0, 0.05) is 43.6 Å². The smallest absolute Gasteiger partial charge is 0.222 e. The van der Waals surface area contributed by atoms with Gasteiger partial charge in [0.1, 0.15) is 11.6 Å². The summed E-state index contributed by atoms with van der Waals surface area (Å²) in [4.78, 5) is 16.7. The number of ether oxygens (including phenoxy) is 1. The van der Waals surface area contributed by atoms with Crippen LogP contribution in [-0.4, -0.2) is 49.0 Å². The number of hydrogen-bond acceptors (Lipinski definition) is 3. The fourth-order valence-corrected chi connectivity index (χ4v) is 3.60. The minimum Gasteiger partial charge on any atom is -0.497 e. The molecule has 0 bridgehead atoms. The predicted molar refractivity (Wildman–Crippen MR) is 107 cm³/mol. The number of benzene rings is 2. The molecule has 0 radical (unpaired) electrons. The van der Waals surface area contributed by atoms with Crippen LogP contribution in [0.4, 0.5) is 4.39 Å². The number of piperazine rings is 1. The number of carbonyl (C=O) groups is 1. The van der Waals surface area contributed by atoms with E-state index >= 15 is 0 Å². The number of amides is 1. The van der Waals surface area contributed by atoms with Gasteiger partial charge in [0.15, 0.2) is 0 Å². The van der Waals surface area contributed by atoms with E-state index in [-0.39, 0.29) is 11.7 Å². The quantitative estimate of drug-likeness (QED) is 0.691. The first-order chi connectivity index (χ1) is 13.0. The van der Waals surface area contributed by atoms with Gasteiger partial charge in [-0.05, 0) is 41.8 Å². The lowest BCUT2D eigenvalue weighted by Crippen LogP contribution is -2.48. The lowest BCUT2D eigenvalue weighted by molar-refractivity contribution is -0.133. The van der Waals surface area contributed by atoms with Gasteiger partial charge in [-0.2, -0.15) is 0 Å². The van der Waals surface area contributed by atoms with Gasteiger partial charge in [0.25, 0.3) is 0 Å². The molecular formula is C21H24BrFN2O2. The molecule has 3 rings (SSSR count). The Labute approximate surface area is 168 Å². The Bertz CT molecular complexity index is 774. The van der Waals surface area contributed by atoms with Crippen LogP contribution in [-0.2, 0) is 17.8 Å². The number of rotatable bonds is 6. The summed E-state index contributed by atoms with van der Waals surface area (Å²) in [6, 6.07) is 13.1. The van der Waals surface area contributed by atoms with E-state index < -0.39 is 0 Å². The van der Waals surface area contributed by atoms with Crippen molar-refractivity contribution in [2.45, 2.75) is 19.4 Å². The fraction of sp³-hybridized carbons (Fsp3) is 0.381. The zero-order chi connectivity index (χ0) is 19.2. The molecule has 1 fully saturated rings. The summed E-state index contributed by atoms with van der Waals surface area (Å²) < 4.78 is 19.8. The summed E-state index contributed by atoms with van der Waals surface area (Å²) in [6.45, 7) is 4.01. The van der Waals surface area contributed by atoms with Gasteiger partial charge >= 0.3 is 0 Å². The Kier molecular flexibility index (Phi) is 6.85. The zero-order valence-electron chi connectivity index (χ0n) is 15.5. The van der Waals surface area contributed by atoms with Crippen molar-refractivity contribution in [1.29, 1.82) is 0 Å². The Morgan fingerprint density at radius 1 is 1.11 bits per heavy atom. The second-order valence-electron chi connectivity index (χ2n) is 6.74. The number of methoxy groups -OCH3 is 1. The highest BCUT2D eigenvalue weighted by molar-refractivity contribution is 9.10. The van der Waals surface area contributed by atoms with E-state index in [1.165, 1.54) is 11.6 Å². The Balaban J connectivity index is 1.44. The van der Waals surface area contributed by atoms with Gasteiger partial charge in [-0.25, -0.2) is 4.39 Å². The van der Waals surface area contributed by atoms with Crippen LogP contribution >= 0.6 is 15.9 Å². The van der Waals surface area contributed by atoms with Gasteiger partial charge in [0.05, 0.1) is 7.11 Å². The summed E-state index contributed by atoms with van der Waals surface area (Å²) in [6.07, 6.45) is 0.779. The molecule has 2 aromatic rings. The minimum absolute atomic E-state index is 0.0985. The normalized spacial score (nSPS) is 15.0. The fourth-order valence-electron chi connectivity index (χ4n) is 3.27. The van der Waals surface area contributed by atoms with Gasteiger partial charge in [-0.1, -0.05) is 34.1 Å². The topological polar surface area (TPSA) is 32.8 Å². The molecule has 1 heterocycles. The molecule has 1 saturated heterocycles. The van der Waals surface area contributed by atoms with Crippen molar-refractivity contribution in [3.8, 4) is 5.75 Å². The van der Waals surface area contributed by atoms with Crippen LogP contribution in [0, 0.1) is 5.82 Å². The second-order valence-corrected chi connectivity index (χ2v) is 7.66. The van der Waals surface area contributed by atoms with Crippen LogP contribution < -0.4 is 4.74 Å². The number of halogens is 2. The maximum atomic E-state index is 13.9. The molecule has 0 unspecified atom stereocenters. The lowest BCUT2D eigenvalue weighted by atomic mass is 10.1. The first kappa shape index (κ1) is 19.8. The first-order valence-electron chi connectivity index (χ1n) is 9.12. The third-order valence-corrected chi connectivity index (χ3v) is 5.41. The van der Waals surface area contributed by atoms with Crippen molar-refractivity contribution in [3.63, 3.8) is 0 Å². The largest absolute Gasteiger partial charge is 0.497 e. The molecule has 4 nitrogen and oxygen atoms in total. The van der Waals surface area contributed by atoms with Crippen molar-refractivity contribution in [3.05, 3.63) is 63.9 Å². The third kappa shape index (κ3) is 5.53. The molecule has 27 heavy (non-hydrogen) atoms. The first-order valence-corrected chi connectivity index (χ1v) is 9.91. The average Bonchev–Trinajstić information content (AvgIpc) is 2.68. The van der Waals surface area contributed by atoms with E-state index in [4.69, 9.17) is 4.74 Å². The van der Waals surface area contributed by atoms with E-state index in [0.29, 0.717) is 22.9 Å². The summed E-state index contributed by atoms with van der Waals surface area (Å²) in [5.41, 5.74) is 1.82. The maximum absolute atomic E-state index is 13.9. The number of hydrogen-bond donors (Lipinski definition) is 0. The molecule has 0 saturated carbocycles. The number of carbonyl (C=O) groups excluding carboxylic acids is 1. The van der Waals surface area contributed by atoms with Gasteiger partial charge in [-0.3, -0.25) is 9.69 Å². The van der Waals surface area contributed by atoms with E-state index in [9.17, 15) is 9.18 Å². The predicted octanol–water partition coefficient (Wildman–Crippen LogP) is 3.87. The van der Waals surface area contributed by atoms with Crippen molar-refractivity contribution in [2.24, 2.45) is 0 Å². The second kappa shape index (κ2) is 9.33. The van der Waals surface area contributed by atoms with Gasteiger partial charge in [0.2, 0.25) is 5.91 Å². The SMILES string of the molecule is COc1ccc(CN2CCN(C(=O)CCc3ccc(Br)cc3F)CC2)cc1. The summed E-state index contributed by atoms with van der Waals surface area (Å²) in [5.74, 6) is 0.694. The molecule has 2 aromatic carbocycles. The van der Waals surface area contributed by atoms with Crippen molar-refractivity contribution in [2.75, 3.05) is 33.3 Å². The highest BCUT2D eigenvalue weighted by Crippen LogP contribution is 2.18. The standard InChI is InChI=1S/C21H24BrFN2O2/c1-27-19-7-2-16(3-8-19)15-24-10-12-25(13-11-24)21(26)9-5-17-4-6-18(22)14-20(17)23/h2-4,6-8,14H,5,9-13,15H2,1H3. The molecule has 1 aliphatic heterocycles. The summed E-state index contributed by atoms with van der Waals surface area (Å²) in [5, 5.41) is 0. The zero-order valence-corrected chi connectivity index (χ0v) is 17.0. The van der Waals surface area contributed by atoms with Crippen LogP contribution in [0.2, 0.25) is 0 Å². The molecule has 1 amide bonds. The van der Waals surface area contributed by atoms with Gasteiger partial charge in [-0.15, -0.1) is 0 Å².